The zero-order valence-electron chi connectivity index (χ0n) is 64.0. The molecule has 0 aliphatic rings. The van der Waals surface area contributed by atoms with Crippen LogP contribution >= 0.6 is 15.6 Å². The number of aliphatic hydroxyl groups is 1. The summed E-state index contributed by atoms with van der Waals surface area (Å²) in [5.74, 6) is -2.22. The lowest BCUT2D eigenvalue weighted by Gasteiger charge is -2.21. The zero-order valence-corrected chi connectivity index (χ0v) is 65.8. The Bertz CT molecular complexity index is 2410. The lowest BCUT2D eigenvalue weighted by atomic mass is 10.0. The Hall–Kier alpha value is -4.54. The van der Waals surface area contributed by atoms with Gasteiger partial charge in [0.2, 0.25) is 0 Å². The minimum absolute atomic E-state index is 0.0612. The molecule has 102 heavy (non-hydrogen) atoms. The predicted molar refractivity (Wildman–Crippen MR) is 418 cm³/mol. The van der Waals surface area contributed by atoms with E-state index in [2.05, 4.69) is 149 Å². The van der Waals surface area contributed by atoms with Crippen molar-refractivity contribution in [2.75, 3.05) is 39.6 Å². The van der Waals surface area contributed by atoms with E-state index in [9.17, 15) is 43.2 Å². The summed E-state index contributed by atoms with van der Waals surface area (Å²) in [6, 6.07) is 0. The first-order valence-electron chi connectivity index (χ1n) is 39.8. The van der Waals surface area contributed by atoms with Crippen molar-refractivity contribution in [2.24, 2.45) is 0 Å². The van der Waals surface area contributed by atoms with E-state index in [-0.39, 0.29) is 25.7 Å². The molecule has 5 atom stereocenters. The van der Waals surface area contributed by atoms with Crippen LogP contribution in [-0.2, 0) is 65.4 Å². The first-order chi connectivity index (χ1) is 49.7. The molecule has 0 spiro atoms. The molecule has 0 aromatic rings. The number of hydrogen-bond acceptors (Lipinski definition) is 15. The average Bonchev–Trinajstić information content (AvgIpc) is 0.923. The number of allylic oxidation sites excluding steroid dienone is 20. The van der Waals surface area contributed by atoms with Crippen LogP contribution < -0.4 is 0 Å². The molecule has 3 N–H and O–H groups in total. The van der Waals surface area contributed by atoms with Crippen molar-refractivity contribution in [3.8, 4) is 0 Å². The van der Waals surface area contributed by atoms with Crippen LogP contribution in [0.1, 0.15) is 323 Å². The molecule has 0 amide bonds. The molecule has 586 valence electrons. The van der Waals surface area contributed by atoms with E-state index in [1.807, 2.05) is 0 Å². The van der Waals surface area contributed by atoms with Crippen LogP contribution in [0.2, 0.25) is 0 Å². The number of phosphoric ester groups is 2. The monoisotopic (exact) mass is 1470 g/mol. The number of hydrogen-bond donors (Lipinski definition) is 3. The summed E-state index contributed by atoms with van der Waals surface area (Å²) in [6.45, 7) is 4.55. The van der Waals surface area contributed by atoms with Gasteiger partial charge in [-0.25, -0.2) is 9.13 Å². The maximum absolute atomic E-state index is 13.1. The molecule has 19 heteroatoms. The maximum atomic E-state index is 13.1. The number of phosphoric acid groups is 2. The molecule has 0 rings (SSSR count). The van der Waals surface area contributed by atoms with Gasteiger partial charge in [0.1, 0.15) is 19.3 Å². The number of carbonyl (C=O) groups excluding carboxylic acids is 4. The zero-order chi connectivity index (χ0) is 74.6. The minimum Gasteiger partial charge on any atom is -0.462 e. The summed E-state index contributed by atoms with van der Waals surface area (Å²) < 4.78 is 68.6. The molecule has 0 fully saturated rings. The van der Waals surface area contributed by atoms with Crippen LogP contribution in [0.3, 0.4) is 0 Å². The summed E-state index contributed by atoms with van der Waals surface area (Å²) in [4.78, 5) is 73.0. The Balaban J connectivity index is 5.39. The fraction of sp³-hybridized carbons (Fsp3) is 0.711. The molecule has 0 aliphatic carbocycles. The van der Waals surface area contributed by atoms with Crippen molar-refractivity contribution in [2.45, 2.75) is 341 Å². The van der Waals surface area contributed by atoms with Crippen LogP contribution in [0.4, 0.5) is 0 Å². The van der Waals surface area contributed by atoms with Crippen molar-refractivity contribution >= 4 is 39.5 Å². The van der Waals surface area contributed by atoms with Gasteiger partial charge in [-0.15, -0.1) is 0 Å². The third-order valence-corrected chi connectivity index (χ3v) is 18.3. The van der Waals surface area contributed by atoms with Gasteiger partial charge in [-0.1, -0.05) is 290 Å². The smallest absolute Gasteiger partial charge is 0.462 e. The van der Waals surface area contributed by atoms with Crippen LogP contribution in [0.15, 0.2) is 122 Å². The predicted octanol–water partition coefficient (Wildman–Crippen LogP) is 23.1. The molecule has 17 nitrogen and oxygen atoms in total. The van der Waals surface area contributed by atoms with E-state index in [4.69, 9.17) is 37.0 Å². The normalized spacial score (nSPS) is 14.5. The van der Waals surface area contributed by atoms with Crippen LogP contribution in [0.5, 0.6) is 0 Å². The molecule has 0 bridgehead atoms. The Morgan fingerprint density at radius 3 is 0.824 bits per heavy atom. The first-order valence-corrected chi connectivity index (χ1v) is 42.8. The van der Waals surface area contributed by atoms with Crippen molar-refractivity contribution in [1.29, 1.82) is 0 Å². The number of aliphatic hydroxyl groups excluding tert-OH is 1. The molecule has 0 heterocycles. The van der Waals surface area contributed by atoms with Gasteiger partial charge in [0.05, 0.1) is 26.4 Å². The van der Waals surface area contributed by atoms with Crippen molar-refractivity contribution < 1.29 is 80.2 Å². The van der Waals surface area contributed by atoms with Crippen LogP contribution in [0.25, 0.3) is 0 Å². The number of unbranched alkanes of at least 4 members (excludes halogenated alkanes) is 28. The van der Waals surface area contributed by atoms with E-state index in [1.165, 1.54) is 51.4 Å². The van der Waals surface area contributed by atoms with Gasteiger partial charge >= 0.3 is 39.5 Å². The number of rotatable bonds is 74. The number of esters is 4. The molecule has 0 saturated heterocycles. The highest BCUT2D eigenvalue weighted by Crippen LogP contribution is 2.45. The standard InChI is InChI=1S/C83H142O17P2/c1-5-9-13-17-21-25-29-33-35-37-38-40-41-45-48-52-56-60-64-68-81(86)94-74-79(100-83(88)70-66-62-58-54-50-46-42-39-36-34-30-26-22-18-14-10-6-2)76-98-102(91,92)96-72-77(84)71-95-101(89,90)97-75-78(99-82(87)69-65-61-57-53-49-44-32-28-24-20-16-12-8-4)73-93-80(85)67-63-59-55-51-47-43-31-27-23-19-15-11-7-3/h9-10,13-15,19,21-22,25-27,31,33-36,38,40,42,46,77-79,84H,5-8,11-12,16-18,20,23-24,28-30,32,37,39,41,43-45,47-76H2,1-4H3,(H,89,90)(H,91,92)/b13-9-,14-10-,19-15-,25-21-,26-22-,31-27-,35-33-,36-34-,40-38-,46-42-. The average molecular weight is 1470 g/mol. The molecular formula is C83H142O17P2. The number of ether oxygens (including phenoxy) is 4. The second-order valence-electron chi connectivity index (χ2n) is 26.2. The molecule has 0 aromatic carbocycles. The summed E-state index contributed by atoms with van der Waals surface area (Å²) in [6.07, 6.45) is 81.7. The van der Waals surface area contributed by atoms with Gasteiger partial charge in [-0.3, -0.25) is 37.3 Å². The summed E-state index contributed by atoms with van der Waals surface area (Å²) in [7, 11) is -9.97. The minimum atomic E-state index is -4.99. The highest BCUT2D eigenvalue weighted by molar-refractivity contribution is 7.47. The maximum Gasteiger partial charge on any atom is 0.472 e. The van der Waals surface area contributed by atoms with Crippen molar-refractivity contribution in [3.63, 3.8) is 0 Å². The fourth-order valence-electron chi connectivity index (χ4n) is 10.4. The summed E-state index contributed by atoms with van der Waals surface area (Å²) in [5.41, 5.74) is 0. The van der Waals surface area contributed by atoms with E-state index in [0.717, 1.165) is 193 Å². The quantitative estimate of drug-likeness (QED) is 0.0169. The second kappa shape index (κ2) is 74.7. The molecule has 0 aliphatic heterocycles. The summed E-state index contributed by atoms with van der Waals surface area (Å²) in [5, 5.41) is 10.6. The van der Waals surface area contributed by atoms with Crippen LogP contribution in [0, 0.1) is 0 Å². The lowest BCUT2D eigenvalue weighted by molar-refractivity contribution is -0.161. The summed E-state index contributed by atoms with van der Waals surface area (Å²) >= 11 is 0. The molecule has 0 radical (unpaired) electrons. The van der Waals surface area contributed by atoms with E-state index < -0.39 is 97.5 Å². The topological polar surface area (TPSA) is 237 Å². The Morgan fingerprint density at radius 2 is 0.529 bits per heavy atom. The lowest BCUT2D eigenvalue weighted by Crippen LogP contribution is -2.30. The van der Waals surface area contributed by atoms with Crippen LogP contribution in [-0.4, -0.2) is 96.7 Å². The molecular weight excluding hydrogens is 1330 g/mol. The Kier molecular flexibility index (Phi) is 71.4. The van der Waals surface area contributed by atoms with Crippen molar-refractivity contribution in [3.05, 3.63) is 122 Å². The van der Waals surface area contributed by atoms with Gasteiger partial charge in [0.15, 0.2) is 12.2 Å². The van der Waals surface area contributed by atoms with Gasteiger partial charge in [0.25, 0.3) is 0 Å². The van der Waals surface area contributed by atoms with Gasteiger partial charge in [-0.05, 0) is 128 Å². The second-order valence-corrected chi connectivity index (χ2v) is 29.2. The Labute approximate surface area is 619 Å². The highest BCUT2D eigenvalue weighted by Gasteiger charge is 2.30. The first kappa shape index (κ1) is 97.5. The van der Waals surface area contributed by atoms with Gasteiger partial charge in [0, 0.05) is 25.7 Å². The van der Waals surface area contributed by atoms with E-state index >= 15 is 0 Å². The van der Waals surface area contributed by atoms with E-state index in [0.29, 0.717) is 25.7 Å². The Morgan fingerprint density at radius 1 is 0.284 bits per heavy atom. The van der Waals surface area contributed by atoms with Gasteiger partial charge < -0.3 is 33.8 Å². The third kappa shape index (κ3) is 73.8. The fourth-order valence-corrected chi connectivity index (χ4v) is 12.0. The molecule has 0 aromatic heterocycles. The van der Waals surface area contributed by atoms with Gasteiger partial charge in [-0.2, -0.15) is 0 Å². The highest BCUT2D eigenvalue weighted by atomic mass is 31.2. The molecule has 5 unspecified atom stereocenters. The molecule has 0 saturated carbocycles. The number of carbonyl (C=O) groups is 4. The third-order valence-electron chi connectivity index (χ3n) is 16.4. The largest absolute Gasteiger partial charge is 0.472 e. The van der Waals surface area contributed by atoms with Crippen molar-refractivity contribution in [1.82, 2.24) is 0 Å². The SMILES string of the molecule is CC/C=C\C/C=C\C/C=C\C/C=C\CCCCCCCCC(=O)OCC(COP(=O)(O)OCC(O)COP(=O)(O)OCC(COC(=O)CCCCCCC/C=C\C/C=C\CCC)OC(=O)CCCCCCCCCCCCCCC)OC(=O)CCCCCC/C=C\C/C=C\C/C=C\C/C=C\CC. The van der Waals surface area contributed by atoms with E-state index in [1.54, 1.807) is 0 Å².